The van der Waals surface area contributed by atoms with Gasteiger partial charge >= 0.3 is 5.97 Å². The molecule has 1 aromatic carbocycles. The van der Waals surface area contributed by atoms with Gasteiger partial charge in [0.15, 0.2) is 0 Å². The Bertz CT molecular complexity index is 1020. The molecule has 0 aliphatic carbocycles. The Morgan fingerprint density at radius 3 is 2.23 bits per heavy atom. The average Bonchev–Trinajstić information content (AvgIpc) is 2.77. The molecule has 0 aliphatic heterocycles. The lowest BCUT2D eigenvalue weighted by Gasteiger charge is -2.09. The van der Waals surface area contributed by atoms with E-state index >= 15 is 0 Å². The zero-order chi connectivity index (χ0) is 22.9. The lowest BCUT2D eigenvalue weighted by Crippen LogP contribution is -2.31. The van der Waals surface area contributed by atoms with Gasteiger partial charge < -0.3 is 14.8 Å². The number of pyridine rings is 1. The van der Waals surface area contributed by atoms with Crippen LogP contribution in [0.4, 0.5) is 0 Å². The molecule has 0 bridgehead atoms. The Morgan fingerprint density at radius 1 is 0.968 bits per heavy atom. The molecule has 0 spiro atoms. The molecule has 11 heteroatoms. The fourth-order valence-corrected chi connectivity index (χ4v) is 3.29. The van der Waals surface area contributed by atoms with Crippen molar-refractivity contribution >= 4 is 27.8 Å². The predicted octanol–water partition coefficient (Wildman–Crippen LogP) is 1.14. The molecule has 2 rings (SSSR count). The number of amides is 2. The van der Waals surface area contributed by atoms with Crippen LogP contribution in [0.2, 0.25) is 0 Å². The summed E-state index contributed by atoms with van der Waals surface area (Å²) in [4.78, 5) is 39.6. The quantitative estimate of drug-likeness (QED) is 0.406. The van der Waals surface area contributed by atoms with Gasteiger partial charge in [0.2, 0.25) is 0 Å². The van der Waals surface area contributed by atoms with Crippen molar-refractivity contribution < 1.29 is 32.3 Å². The largest absolute Gasteiger partial charge is 0.461 e. The van der Waals surface area contributed by atoms with E-state index in [1.54, 1.807) is 0 Å². The molecule has 0 radical (unpaired) electrons. The lowest BCUT2D eigenvalue weighted by molar-refractivity contribution is 0.0497. The predicted molar refractivity (Wildman–Crippen MR) is 110 cm³/mol. The smallest absolute Gasteiger partial charge is 0.356 e. The number of sulfonamides is 1. The number of hydrogen-bond donors (Lipinski definition) is 2. The molecule has 1 heterocycles. The number of nitrogens with zero attached hydrogens (tertiary/aromatic N) is 1. The van der Waals surface area contributed by atoms with Crippen LogP contribution in [0.25, 0.3) is 0 Å². The van der Waals surface area contributed by atoms with Crippen molar-refractivity contribution in [3.8, 4) is 0 Å². The fraction of sp³-hybridized carbons (Fsp3) is 0.300. The van der Waals surface area contributed by atoms with Crippen LogP contribution in [0.1, 0.15) is 44.5 Å². The van der Waals surface area contributed by atoms with Gasteiger partial charge in [-0.2, -0.15) is 0 Å². The number of nitrogens with one attached hydrogen (secondary N) is 2. The maximum atomic E-state index is 12.5. The number of carbonyl (C=O) groups excluding carboxylic acids is 3. The van der Waals surface area contributed by atoms with Crippen molar-refractivity contribution in [1.29, 1.82) is 0 Å². The minimum absolute atomic E-state index is 0.00669. The van der Waals surface area contributed by atoms with E-state index in [0.29, 0.717) is 19.6 Å². The zero-order valence-electron chi connectivity index (χ0n) is 17.1. The van der Waals surface area contributed by atoms with Crippen molar-refractivity contribution in [2.24, 2.45) is 0 Å². The van der Waals surface area contributed by atoms with Gasteiger partial charge in [-0.05, 0) is 42.8 Å². The molecule has 0 saturated heterocycles. The third-order valence-corrected chi connectivity index (χ3v) is 5.26. The van der Waals surface area contributed by atoms with E-state index in [1.807, 2.05) is 11.6 Å². The Hall–Kier alpha value is -3.31. The number of aromatic nitrogens is 1. The SMILES string of the molecule is CCCOC(=O)c1ccc(C(=O)NS(=O)(=O)c2ccc(C(=O)NCCOC)cc2)cn1. The van der Waals surface area contributed by atoms with Gasteiger partial charge in [0.05, 0.1) is 23.7 Å². The minimum atomic E-state index is -4.18. The summed E-state index contributed by atoms with van der Waals surface area (Å²) in [6.07, 6.45) is 1.74. The molecular formula is C20H23N3O7S. The molecule has 166 valence electrons. The van der Waals surface area contributed by atoms with Gasteiger partial charge in [-0.25, -0.2) is 22.9 Å². The Kier molecular flexibility index (Phi) is 8.64. The van der Waals surface area contributed by atoms with Crippen LogP contribution in [-0.4, -0.2) is 58.1 Å². The Morgan fingerprint density at radius 2 is 1.65 bits per heavy atom. The molecule has 1 aromatic heterocycles. The number of carbonyl (C=O) groups is 3. The average molecular weight is 449 g/mol. The monoisotopic (exact) mass is 449 g/mol. The summed E-state index contributed by atoms with van der Waals surface area (Å²) in [7, 11) is -2.67. The van der Waals surface area contributed by atoms with Crippen LogP contribution >= 0.6 is 0 Å². The van der Waals surface area contributed by atoms with Crippen LogP contribution in [0, 0.1) is 0 Å². The summed E-state index contributed by atoms with van der Waals surface area (Å²) >= 11 is 0. The zero-order valence-corrected chi connectivity index (χ0v) is 17.9. The van der Waals surface area contributed by atoms with Gasteiger partial charge in [-0.3, -0.25) is 9.59 Å². The molecule has 0 aliphatic rings. The molecule has 31 heavy (non-hydrogen) atoms. The molecule has 2 N–H and O–H groups in total. The van der Waals surface area contributed by atoms with E-state index in [1.165, 1.54) is 43.5 Å². The highest BCUT2D eigenvalue weighted by Crippen LogP contribution is 2.12. The number of ether oxygens (including phenoxy) is 2. The summed E-state index contributed by atoms with van der Waals surface area (Å²) in [5.74, 6) is -1.93. The topological polar surface area (TPSA) is 141 Å². The summed E-state index contributed by atoms with van der Waals surface area (Å²) in [5, 5.41) is 2.61. The maximum absolute atomic E-state index is 12.5. The lowest BCUT2D eigenvalue weighted by atomic mass is 10.2. The first-order chi connectivity index (χ1) is 14.8. The number of benzene rings is 1. The second kappa shape index (κ2) is 11.2. The second-order valence-electron chi connectivity index (χ2n) is 6.28. The molecule has 2 amide bonds. The molecule has 2 aromatic rings. The van der Waals surface area contributed by atoms with Crippen LogP contribution in [0.3, 0.4) is 0 Å². The van der Waals surface area contributed by atoms with Gasteiger partial charge in [-0.15, -0.1) is 0 Å². The summed E-state index contributed by atoms with van der Waals surface area (Å²) in [5.41, 5.74) is 0.216. The molecule has 0 atom stereocenters. The number of methoxy groups -OCH3 is 1. The van der Waals surface area contributed by atoms with Crippen LogP contribution in [0.5, 0.6) is 0 Å². The molecule has 10 nitrogen and oxygen atoms in total. The first-order valence-electron chi connectivity index (χ1n) is 9.36. The number of hydrogen-bond acceptors (Lipinski definition) is 8. The molecule has 0 unspecified atom stereocenters. The van der Waals surface area contributed by atoms with E-state index in [-0.39, 0.29) is 34.2 Å². The highest BCUT2D eigenvalue weighted by Gasteiger charge is 2.20. The Labute approximate surface area is 180 Å². The first kappa shape index (κ1) is 24.0. The van der Waals surface area contributed by atoms with E-state index < -0.39 is 21.9 Å². The summed E-state index contributed by atoms with van der Waals surface area (Å²) in [6.45, 7) is 2.75. The van der Waals surface area contributed by atoms with E-state index in [0.717, 1.165) is 6.20 Å². The van der Waals surface area contributed by atoms with Gasteiger partial charge in [-0.1, -0.05) is 6.92 Å². The van der Waals surface area contributed by atoms with Crippen molar-refractivity contribution in [2.45, 2.75) is 18.2 Å². The Balaban J connectivity index is 2.03. The van der Waals surface area contributed by atoms with Gasteiger partial charge in [0, 0.05) is 25.4 Å². The van der Waals surface area contributed by atoms with Crippen molar-refractivity contribution in [1.82, 2.24) is 15.0 Å². The number of esters is 1. The van der Waals surface area contributed by atoms with Crippen molar-refractivity contribution in [3.05, 3.63) is 59.4 Å². The van der Waals surface area contributed by atoms with Crippen molar-refractivity contribution in [2.75, 3.05) is 26.9 Å². The van der Waals surface area contributed by atoms with Crippen LogP contribution in [0.15, 0.2) is 47.5 Å². The summed E-state index contributed by atoms with van der Waals surface area (Å²) in [6, 6.07) is 7.64. The highest BCUT2D eigenvalue weighted by atomic mass is 32.2. The van der Waals surface area contributed by atoms with E-state index in [2.05, 4.69) is 10.3 Å². The third-order valence-electron chi connectivity index (χ3n) is 3.92. The van der Waals surface area contributed by atoms with E-state index in [9.17, 15) is 22.8 Å². The van der Waals surface area contributed by atoms with Crippen LogP contribution in [-0.2, 0) is 19.5 Å². The second-order valence-corrected chi connectivity index (χ2v) is 7.96. The van der Waals surface area contributed by atoms with Crippen LogP contribution < -0.4 is 10.0 Å². The van der Waals surface area contributed by atoms with Crippen molar-refractivity contribution in [3.63, 3.8) is 0 Å². The highest BCUT2D eigenvalue weighted by molar-refractivity contribution is 7.90. The van der Waals surface area contributed by atoms with Gasteiger partial charge in [0.1, 0.15) is 5.69 Å². The standard InChI is InChI=1S/C20H23N3O7S/c1-3-11-30-20(26)17-9-6-15(13-22-17)19(25)23-31(27,28)16-7-4-14(5-8-16)18(24)21-10-12-29-2/h4-9,13H,3,10-12H2,1-2H3,(H,21,24)(H,23,25). The normalized spacial score (nSPS) is 10.9. The van der Waals surface area contributed by atoms with Gasteiger partial charge in [0.25, 0.3) is 21.8 Å². The molecule has 0 saturated carbocycles. The number of rotatable bonds is 10. The molecular weight excluding hydrogens is 426 g/mol. The molecule has 0 fully saturated rings. The minimum Gasteiger partial charge on any atom is -0.461 e. The third kappa shape index (κ3) is 6.86. The maximum Gasteiger partial charge on any atom is 0.356 e. The first-order valence-corrected chi connectivity index (χ1v) is 10.8. The fourth-order valence-electron chi connectivity index (χ4n) is 2.31. The summed E-state index contributed by atoms with van der Waals surface area (Å²) < 4.78 is 36.6. The van der Waals surface area contributed by atoms with E-state index in [4.69, 9.17) is 9.47 Å².